The summed E-state index contributed by atoms with van der Waals surface area (Å²) in [6.45, 7) is 5.99. The smallest absolute Gasteiger partial charge is 0.260 e. The van der Waals surface area contributed by atoms with Gasteiger partial charge in [-0.15, -0.1) is 0 Å². The van der Waals surface area contributed by atoms with Crippen LogP contribution in [0.2, 0.25) is 0 Å². The molecule has 0 radical (unpaired) electrons. The van der Waals surface area contributed by atoms with Crippen molar-refractivity contribution in [3.8, 4) is 0 Å². The SMILES string of the molecule is CCc1cc2ncc(CN3CCN(c4ccc(NC(=O)[C@@H]5CC5(F)F)nc4)CC3)cc2[nH]c1=O. The minimum absolute atomic E-state index is 0.0627. The number of piperazine rings is 1. The largest absolute Gasteiger partial charge is 0.368 e. The van der Waals surface area contributed by atoms with Crippen LogP contribution in [0, 0.1) is 5.92 Å². The monoisotopic (exact) mass is 468 g/mol. The van der Waals surface area contributed by atoms with E-state index >= 15 is 0 Å². The third-order valence-corrected chi connectivity index (χ3v) is 6.49. The Morgan fingerprint density at radius 2 is 1.94 bits per heavy atom. The Morgan fingerprint density at radius 3 is 2.59 bits per heavy atom. The van der Waals surface area contributed by atoms with Crippen LogP contribution in [-0.4, -0.2) is 57.9 Å². The molecule has 1 amide bonds. The number of aromatic amines is 1. The molecule has 5 rings (SSSR count). The number of rotatable bonds is 6. The number of nitrogens with one attached hydrogen (secondary N) is 2. The highest BCUT2D eigenvalue weighted by Crippen LogP contribution is 2.49. The van der Waals surface area contributed by atoms with E-state index in [-0.39, 0.29) is 11.4 Å². The summed E-state index contributed by atoms with van der Waals surface area (Å²) in [6, 6.07) is 7.33. The average molecular weight is 469 g/mol. The second kappa shape index (κ2) is 8.75. The molecule has 1 saturated carbocycles. The van der Waals surface area contributed by atoms with Crippen molar-refractivity contribution in [1.82, 2.24) is 19.9 Å². The number of pyridine rings is 3. The summed E-state index contributed by atoms with van der Waals surface area (Å²) in [5.41, 5.74) is 4.19. The summed E-state index contributed by atoms with van der Waals surface area (Å²) >= 11 is 0. The van der Waals surface area contributed by atoms with Gasteiger partial charge in [0, 0.05) is 50.9 Å². The average Bonchev–Trinajstić information content (AvgIpc) is 3.48. The number of aromatic nitrogens is 3. The van der Waals surface area contributed by atoms with Gasteiger partial charge in [-0.2, -0.15) is 0 Å². The van der Waals surface area contributed by atoms with Crippen LogP contribution < -0.4 is 15.8 Å². The van der Waals surface area contributed by atoms with Gasteiger partial charge in [0.2, 0.25) is 5.91 Å². The molecular formula is C24H26F2N6O2. The van der Waals surface area contributed by atoms with E-state index in [0.29, 0.717) is 6.42 Å². The Hall–Kier alpha value is -3.40. The van der Waals surface area contributed by atoms with Crippen molar-refractivity contribution in [3.05, 3.63) is 58.1 Å². The molecule has 0 spiro atoms. The topological polar surface area (TPSA) is 94.2 Å². The molecule has 4 heterocycles. The number of carbonyl (C=O) groups excluding carboxylic acids is 1. The number of H-pyrrole nitrogens is 1. The van der Waals surface area contributed by atoms with E-state index in [9.17, 15) is 18.4 Å². The van der Waals surface area contributed by atoms with E-state index < -0.39 is 24.2 Å². The number of halogens is 2. The van der Waals surface area contributed by atoms with Gasteiger partial charge < -0.3 is 15.2 Å². The van der Waals surface area contributed by atoms with Crippen molar-refractivity contribution in [2.75, 3.05) is 36.4 Å². The zero-order chi connectivity index (χ0) is 23.9. The minimum Gasteiger partial charge on any atom is -0.368 e. The lowest BCUT2D eigenvalue weighted by Gasteiger charge is -2.36. The van der Waals surface area contributed by atoms with E-state index in [1.54, 1.807) is 12.3 Å². The summed E-state index contributed by atoms with van der Waals surface area (Å²) in [4.78, 5) is 40.1. The fourth-order valence-electron chi connectivity index (χ4n) is 4.30. The van der Waals surface area contributed by atoms with Crippen LogP contribution in [0.15, 0.2) is 41.5 Å². The molecule has 1 aliphatic carbocycles. The zero-order valence-corrected chi connectivity index (χ0v) is 18.9. The minimum atomic E-state index is -2.89. The van der Waals surface area contributed by atoms with E-state index in [2.05, 4.69) is 30.1 Å². The van der Waals surface area contributed by atoms with Gasteiger partial charge in [-0.1, -0.05) is 6.92 Å². The maximum absolute atomic E-state index is 13.0. The van der Waals surface area contributed by atoms with Gasteiger partial charge in [0.05, 0.1) is 22.9 Å². The Bertz CT molecular complexity index is 1270. The Kier molecular flexibility index (Phi) is 5.76. The van der Waals surface area contributed by atoms with E-state index in [0.717, 1.165) is 60.6 Å². The normalized spacial score (nSPS) is 19.9. The molecule has 2 aliphatic rings. The molecule has 2 N–H and O–H groups in total. The number of nitrogens with zero attached hydrogens (tertiary/aromatic N) is 4. The lowest BCUT2D eigenvalue weighted by atomic mass is 10.1. The maximum Gasteiger partial charge on any atom is 0.260 e. The maximum atomic E-state index is 13.0. The van der Waals surface area contributed by atoms with Crippen molar-refractivity contribution >= 4 is 28.4 Å². The molecule has 178 valence electrons. The van der Waals surface area contributed by atoms with Crippen molar-refractivity contribution in [2.45, 2.75) is 32.2 Å². The van der Waals surface area contributed by atoms with E-state index in [1.165, 1.54) is 0 Å². The standard InChI is InChI=1S/C24H26F2N6O2/c1-2-16-10-19-20(29-22(16)33)9-15(12-27-19)14-31-5-7-32(8-6-31)17-3-4-21(28-13-17)30-23(34)18-11-24(18,25)26/h3-4,9-10,12-13,18H,2,5-8,11,14H2,1H3,(H,29,33)(H,28,30,34)/t18-/m0/s1. The highest BCUT2D eigenvalue weighted by atomic mass is 19.3. The van der Waals surface area contributed by atoms with Gasteiger partial charge in [0.15, 0.2) is 0 Å². The van der Waals surface area contributed by atoms with Gasteiger partial charge in [0.1, 0.15) is 11.7 Å². The number of carbonyl (C=O) groups is 1. The first-order chi connectivity index (χ1) is 16.3. The first-order valence-electron chi connectivity index (χ1n) is 11.5. The molecule has 1 atom stereocenters. The van der Waals surface area contributed by atoms with Crippen LogP contribution in [0.3, 0.4) is 0 Å². The van der Waals surface area contributed by atoms with Gasteiger partial charge in [-0.25, -0.2) is 13.8 Å². The first kappa shape index (κ1) is 22.4. The number of alkyl halides is 2. The molecule has 10 heteroatoms. The molecule has 0 aromatic carbocycles. The van der Waals surface area contributed by atoms with E-state index in [4.69, 9.17) is 0 Å². The third kappa shape index (κ3) is 4.63. The van der Waals surface area contributed by atoms with Crippen LogP contribution >= 0.6 is 0 Å². The number of hydrogen-bond acceptors (Lipinski definition) is 6. The zero-order valence-electron chi connectivity index (χ0n) is 18.9. The predicted octanol–water partition coefficient (Wildman–Crippen LogP) is 2.80. The number of anilines is 2. The van der Waals surface area contributed by atoms with Crippen LogP contribution in [0.1, 0.15) is 24.5 Å². The predicted molar refractivity (Wildman–Crippen MR) is 125 cm³/mol. The van der Waals surface area contributed by atoms with Gasteiger partial charge in [-0.3, -0.25) is 19.5 Å². The number of fused-ring (bicyclic) bond motifs is 1. The molecular weight excluding hydrogens is 442 g/mol. The molecule has 3 aromatic rings. The lowest BCUT2D eigenvalue weighted by Crippen LogP contribution is -2.46. The third-order valence-electron chi connectivity index (χ3n) is 6.49. The van der Waals surface area contributed by atoms with Gasteiger partial charge in [-0.05, 0) is 36.2 Å². The number of aryl methyl sites for hydroxylation is 1. The fourth-order valence-corrected chi connectivity index (χ4v) is 4.30. The molecule has 2 fully saturated rings. The molecule has 3 aromatic heterocycles. The molecule has 34 heavy (non-hydrogen) atoms. The van der Waals surface area contributed by atoms with Crippen molar-refractivity contribution < 1.29 is 13.6 Å². The Balaban J connectivity index is 1.16. The van der Waals surface area contributed by atoms with Crippen molar-refractivity contribution in [1.29, 1.82) is 0 Å². The second-order valence-electron chi connectivity index (χ2n) is 8.93. The molecule has 0 bridgehead atoms. The van der Waals surface area contributed by atoms with Crippen LogP contribution in [-0.2, 0) is 17.8 Å². The molecule has 1 saturated heterocycles. The molecule has 1 aliphatic heterocycles. The van der Waals surface area contributed by atoms with Crippen molar-refractivity contribution in [3.63, 3.8) is 0 Å². The molecule has 8 nitrogen and oxygen atoms in total. The summed E-state index contributed by atoms with van der Waals surface area (Å²) in [7, 11) is 0. The lowest BCUT2D eigenvalue weighted by molar-refractivity contribution is -0.119. The Morgan fingerprint density at radius 1 is 1.18 bits per heavy atom. The number of hydrogen-bond donors (Lipinski definition) is 2. The van der Waals surface area contributed by atoms with Crippen LogP contribution in [0.4, 0.5) is 20.3 Å². The van der Waals surface area contributed by atoms with Gasteiger partial charge >= 0.3 is 0 Å². The summed E-state index contributed by atoms with van der Waals surface area (Å²) in [5, 5.41) is 2.46. The fraction of sp³-hybridized carbons (Fsp3) is 0.417. The quantitative estimate of drug-likeness (QED) is 0.578. The first-order valence-corrected chi connectivity index (χ1v) is 11.5. The van der Waals surface area contributed by atoms with Gasteiger partial charge in [0.25, 0.3) is 11.5 Å². The Labute approximate surface area is 195 Å². The second-order valence-corrected chi connectivity index (χ2v) is 8.93. The number of amides is 1. The summed E-state index contributed by atoms with van der Waals surface area (Å²) in [5.74, 6) is -4.53. The highest BCUT2D eigenvalue weighted by molar-refractivity contribution is 5.94. The van der Waals surface area contributed by atoms with Crippen LogP contribution in [0.25, 0.3) is 11.0 Å². The van der Waals surface area contributed by atoms with Crippen molar-refractivity contribution in [2.24, 2.45) is 5.92 Å². The van der Waals surface area contributed by atoms with Crippen LogP contribution in [0.5, 0.6) is 0 Å². The molecule has 0 unspecified atom stereocenters. The van der Waals surface area contributed by atoms with E-state index in [1.807, 2.05) is 31.3 Å². The summed E-state index contributed by atoms with van der Waals surface area (Å²) < 4.78 is 26.1. The highest BCUT2D eigenvalue weighted by Gasteiger charge is 2.61. The summed E-state index contributed by atoms with van der Waals surface area (Å²) in [6.07, 6.45) is 3.80.